The Morgan fingerprint density at radius 2 is 1.79 bits per heavy atom. The molecule has 43 heavy (non-hydrogen) atoms. The third-order valence-corrected chi connectivity index (χ3v) is 7.46. The highest BCUT2D eigenvalue weighted by atomic mass is 19.1. The van der Waals surface area contributed by atoms with Gasteiger partial charge in [-0.1, -0.05) is 62.4 Å². The van der Waals surface area contributed by atoms with Crippen molar-refractivity contribution in [3.63, 3.8) is 0 Å². The molecular weight excluding hydrogens is 551 g/mol. The number of nitrogens with zero attached hydrogens (tertiary/aromatic N) is 2. The molecule has 2 aromatic heterocycles. The fourth-order valence-corrected chi connectivity index (χ4v) is 5.48. The fourth-order valence-electron chi connectivity index (χ4n) is 5.48. The molecule has 0 radical (unpaired) electrons. The fraction of sp³-hybridized carbons (Fsp3) is 0.265. The molecule has 4 aromatic rings. The van der Waals surface area contributed by atoms with E-state index in [4.69, 9.17) is 14.5 Å². The molecule has 5 rings (SSSR count). The van der Waals surface area contributed by atoms with Crippen molar-refractivity contribution in [3.05, 3.63) is 107 Å². The van der Waals surface area contributed by atoms with Crippen molar-refractivity contribution in [1.82, 2.24) is 9.88 Å². The maximum atomic E-state index is 14.1. The van der Waals surface area contributed by atoms with Crippen LogP contribution in [0, 0.1) is 5.82 Å². The van der Waals surface area contributed by atoms with Crippen molar-refractivity contribution in [1.29, 1.82) is 0 Å². The first-order chi connectivity index (χ1) is 20.6. The molecule has 1 aliphatic heterocycles. The van der Waals surface area contributed by atoms with Crippen LogP contribution >= 0.6 is 0 Å². The van der Waals surface area contributed by atoms with Crippen LogP contribution in [-0.2, 0) is 17.9 Å². The van der Waals surface area contributed by atoms with Gasteiger partial charge in [0.15, 0.2) is 5.76 Å². The molecule has 2 aromatic carbocycles. The summed E-state index contributed by atoms with van der Waals surface area (Å²) >= 11 is 0. The average Bonchev–Trinajstić information content (AvgIpc) is 3.45. The Kier molecular flexibility index (Phi) is 8.84. The van der Waals surface area contributed by atoms with E-state index in [2.05, 4.69) is 0 Å². The van der Waals surface area contributed by atoms with Gasteiger partial charge in [0, 0.05) is 36.2 Å². The number of furan rings is 1. The molecule has 0 saturated heterocycles. The number of carboxylic acid groups (broad SMARTS) is 1. The number of carboxylic acids is 1. The van der Waals surface area contributed by atoms with E-state index < -0.39 is 30.4 Å². The SMILES string of the molecule is CC(C)c1nc2c(c(-c3ccc(F)cc3)c1C=C[C@@H](O)C[C@@H](O)CC(=O)O)CN(C(=O)c1ccco1)Cc1ccccc1-2. The van der Waals surface area contributed by atoms with E-state index in [0.29, 0.717) is 23.4 Å². The van der Waals surface area contributed by atoms with Crippen LogP contribution in [0.2, 0.25) is 0 Å². The van der Waals surface area contributed by atoms with E-state index in [1.165, 1.54) is 24.5 Å². The number of carbonyl (C=O) groups excluding carboxylic acids is 1. The number of hydrogen-bond donors (Lipinski definition) is 3. The van der Waals surface area contributed by atoms with Gasteiger partial charge in [-0.15, -0.1) is 0 Å². The Morgan fingerprint density at radius 3 is 2.47 bits per heavy atom. The summed E-state index contributed by atoms with van der Waals surface area (Å²) in [7, 11) is 0. The molecule has 1 aliphatic rings. The minimum atomic E-state index is -1.22. The van der Waals surface area contributed by atoms with Crippen molar-refractivity contribution in [2.24, 2.45) is 0 Å². The van der Waals surface area contributed by atoms with Crippen LogP contribution in [0.4, 0.5) is 4.39 Å². The molecule has 3 heterocycles. The number of halogens is 1. The van der Waals surface area contributed by atoms with Crippen molar-refractivity contribution in [3.8, 4) is 22.4 Å². The number of aliphatic hydroxyl groups is 2. The topological polar surface area (TPSA) is 124 Å². The summed E-state index contributed by atoms with van der Waals surface area (Å²) in [6.07, 6.45) is 1.67. The molecule has 0 spiro atoms. The second kappa shape index (κ2) is 12.7. The number of carbonyl (C=O) groups is 2. The highest BCUT2D eigenvalue weighted by Crippen LogP contribution is 2.42. The molecule has 222 valence electrons. The number of aliphatic hydroxyl groups excluding tert-OH is 2. The molecule has 1 amide bonds. The summed E-state index contributed by atoms with van der Waals surface area (Å²) in [5.74, 6) is -1.69. The smallest absolute Gasteiger partial charge is 0.305 e. The lowest BCUT2D eigenvalue weighted by Gasteiger charge is -2.24. The Labute approximate surface area is 248 Å². The van der Waals surface area contributed by atoms with Crippen LogP contribution in [0.3, 0.4) is 0 Å². The first-order valence-electron chi connectivity index (χ1n) is 14.1. The Bertz CT molecular complexity index is 1650. The van der Waals surface area contributed by atoms with Gasteiger partial charge in [-0.25, -0.2) is 4.39 Å². The summed E-state index contributed by atoms with van der Waals surface area (Å²) < 4.78 is 19.6. The Balaban J connectivity index is 1.73. The minimum absolute atomic E-state index is 0.0600. The molecule has 0 unspecified atom stereocenters. The van der Waals surface area contributed by atoms with Crippen LogP contribution in [0.5, 0.6) is 0 Å². The molecule has 0 aliphatic carbocycles. The summed E-state index contributed by atoms with van der Waals surface area (Å²) in [5, 5.41) is 29.7. The zero-order chi connectivity index (χ0) is 30.7. The highest BCUT2D eigenvalue weighted by Gasteiger charge is 2.30. The number of rotatable bonds is 9. The summed E-state index contributed by atoms with van der Waals surface area (Å²) in [5.41, 5.74) is 6.10. The van der Waals surface area contributed by atoms with Crippen LogP contribution in [0.25, 0.3) is 28.5 Å². The third kappa shape index (κ3) is 6.58. The molecule has 2 atom stereocenters. The molecule has 0 bridgehead atoms. The van der Waals surface area contributed by atoms with E-state index in [1.807, 2.05) is 38.1 Å². The van der Waals surface area contributed by atoms with Crippen LogP contribution in [0.1, 0.15) is 65.5 Å². The van der Waals surface area contributed by atoms with Crippen molar-refractivity contribution >= 4 is 18.0 Å². The van der Waals surface area contributed by atoms with Gasteiger partial charge in [-0.2, -0.15) is 0 Å². The first-order valence-corrected chi connectivity index (χ1v) is 14.1. The predicted molar refractivity (Wildman–Crippen MR) is 159 cm³/mol. The maximum absolute atomic E-state index is 14.1. The van der Waals surface area contributed by atoms with Gasteiger partial charge in [0.2, 0.25) is 0 Å². The van der Waals surface area contributed by atoms with Gasteiger partial charge in [-0.05, 0) is 46.9 Å². The highest BCUT2D eigenvalue weighted by molar-refractivity contribution is 5.93. The number of aliphatic carboxylic acids is 1. The molecule has 9 heteroatoms. The Morgan fingerprint density at radius 1 is 1.05 bits per heavy atom. The molecule has 8 nitrogen and oxygen atoms in total. The van der Waals surface area contributed by atoms with Crippen molar-refractivity contribution < 1.29 is 33.7 Å². The largest absolute Gasteiger partial charge is 0.481 e. The number of amides is 1. The van der Waals surface area contributed by atoms with Crippen molar-refractivity contribution in [2.75, 3.05) is 0 Å². The number of aromatic nitrogens is 1. The predicted octanol–water partition coefficient (Wildman–Crippen LogP) is 6.03. The van der Waals surface area contributed by atoms with Gasteiger partial charge in [0.1, 0.15) is 5.82 Å². The van der Waals surface area contributed by atoms with Gasteiger partial charge in [0.25, 0.3) is 5.91 Å². The second-order valence-corrected chi connectivity index (χ2v) is 11.0. The molecular formula is C34H33FN2O6. The number of benzene rings is 2. The lowest BCUT2D eigenvalue weighted by atomic mass is 9.87. The normalized spacial score (nSPS) is 14.3. The summed E-state index contributed by atoms with van der Waals surface area (Å²) in [6, 6.07) is 17.2. The van der Waals surface area contributed by atoms with Gasteiger partial charge in [-0.3, -0.25) is 14.6 Å². The van der Waals surface area contributed by atoms with Gasteiger partial charge >= 0.3 is 5.97 Å². The molecule has 3 N–H and O–H groups in total. The first kappa shape index (κ1) is 29.9. The lowest BCUT2D eigenvalue weighted by molar-refractivity contribution is -0.139. The molecule has 0 fully saturated rings. The van der Waals surface area contributed by atoms with E-state index in [0.717, 1.165) is 27.9 Å². The van der Waals surface area contributed by atoms with Crippen LogP contribution in [-0.4, -0.2) is 49.3 Å². The number of pyridine rings is 1. The summed E-state index contributed by atoms with van der Waals surface area (Å²) in [4.78, 5) is 31.5. The van der Waals surface area contributed by atoms with Crippen LogP contribution < -0.4 is 0 Å². The van der Waals surface area contributed by atoms with Gasteiger partial charge in [0.05, 0.1) is 36.3 Å². The second-order valence-electron chi connectivity index (χ2n) is 11.0. The zero-order valence-electron chi connectivity index (χ0n) is 23.9. The minimum Gasteiger partial charge on any atom is -0.481 e. The monoisotopic (exact) mass is 584 g/mol. The van der Waals surface area contributed by atoms with E-state index in [-0.39, 0.29) is 30.6 Å². The van der Waals surface area contributed by atoms with E-state index >= 15 is 0 Å². The van der Waals surface area contributed by atoms with Gasteiger partial charge < -0.3 is 24.6 Å². The standard InChI is InChI=1S/C34H33FN2O6/c1-20(2)32-27(14-13-24(38)16-25(39)17-30(40)41)31(21-9-11-23(35)12-10-21)28-19-37(34(42)29-8-5-15-43-29)18-22-6-3-4-7-26(22)33(28)36-32/h3-15,20,24-25,38-39H,16-19H2,1-2H3,(H,40,41)/t24-,25-/m1/s1. The van der Waals surface area contributed by atoms with E-state index in [1.54, 1.807) is 35.2 Å². The number of fused-ring (bicyclic) bond motifs is 3. The average molecular weight is 585 g/mol. The third-order valence-electron chi connectivity index (χ3n) is 7.46. The Hall–Kier alpha value is -4.60. The molecule has 0 saturated carbocycles. The lowest BCUT2D eigenvalue weighted by Crippen LogP contribution is -2.29. The van der Waals surface area contributed by atoms with E-state index in [9.17, 15) is 24.2 Å². The number of hydrogen-bond acceptors (Lipinski definition) is 6. The maximum Gasteiger partial charge on any atom is 0.305 e. The summed E-state index contributed by atoms with van der Waals surface area (Å²) in [6.45, 7) is 4.51. The van der Waals surface area contributed by atoms with Crippen LogP contribution in [0.15, 0.2) is 77.4 Å². The quantitative estimate of drug-likeness (QED) is 0.220. The zero-order valence-corrected chi connectivity index (χ0v) is 23.9. The van der Waals surface area contributed by atoms with Crippen molar-refractivity contribution in [2.45, 2.75) is 57.9 Å².